The van der Waals surface area contributed by atoms with Crippen LogP contribution in [-0.4, -0.2) is 35.2 Å². The Morgan fingerprint density at radius 2 is 1.76 bits per heavy atom. The molecule has 0 radical (unpaired) electrons. The van der Waals surface area contributed by atoms with Crippen LogP contribution < -0.4 is 9.47 Å². The number of ether oxygens (including phenoxy) is 2. The topological polar surface area (TPSA) is 72.9 Å². The Hall–Kier alpha value is -3.88. The first-order valence-electron chi connectivity index (χ1n) is 13.2. The number of amides is 2. The second kappa shape index (κ2) is 12.3. The van der Waals surface area contributed by atoms with E-state index in [2.05, 4.69) is 29.8 Å². The molecule has 0 aliphatic carbocycles. The summed E-state index contributed by atoms with van der Waals surface area (Å²) in [6, 6.07) is 24.3. The molecule has 1 fully saturated rings. The lowest BCUT2D eigenvalue weighted by atomic mass is 10.0. The second-order valence-electron chi connectivity index (χ2n) is 9.98. The van der Waals surface area contributed by atoms with E-state index in [1.54, 1.807) is 30.3 Å². The minimum absolute atomic E-state index is 0.153. The maximum Gasteiger partial charge on any atom is 0.344 e. The molecule has 1 aliphatic heterocycles. The molecule has 6 nitrogen and oxygen atoms in total. The van der Waals surface area contributed by atoms with Crippen molar-refractivity contribution in [1.29, 1.82) is 0 Å². The zero-order valence-corrected chi connectivity index (χ0v) is 25.3. The van der Waals surface area contributed by atoms with Crippen molar-refractivity contribution in [3.63, 3.8) is 0 Å². The molecule has 1 saturated heterocycles. The van der Waals surface area contributed by atoms with Crippen molar-refractivity contribution in [1.82, 2.24) is 4.90 Å². The number of esters is 1. The van der Waals surface area contributed by atoms with E-state index < -0.39 is 5.97 Å². The fourth-order valence-electron chi connectivity index (χ4n) is 4.58. The van der Waals surface area contributed by atoms with E-state index in [1.807, 2.05) is 61.5 Å². The Morgan fingerprint density at radius 1 is 0.976 bits per heavy atom. The van der Waals surface area contributed by atoms with E-state index in [0.717, 1.165) is 39.4 Å². The first-order valence-corrected chi connectivity index (χ1v) is 14.8. The Balaban J connectivity index is 1.25. The van der Waals surface area contributed by atoms with E-state index in [4.69, 9.17) is 9.47 Å². The van der Waals surface area contributed by atoms with Crippen molar-refractivity contribution in [2.75, 3.05) is 13.2 Å². The van der Waals surface area contributed by atoms with Crippen LogP contribution in [0.2, 0.25) is 0 Å². The molecule has 1 heterocycles. The lowest BCUT2D eigenvalue weighted by Crippen LogP contribution is -2.32. The van der Waals surface area contributed by atoms with Crippen LogP contribution in [0.25, 0.3) is 16.8 Å². The zero-order valence-electron chi connectivity index (χ0n) is 22.8. The molecule has 2 amide bonds. The maximum absolute atomic E-state index is 13.0. The fraction of sp³-hybridized carbons (Fsp3) is 0.182. The maximum atomic E-state index is 13.0. The van der Waals surface area contributed by atoms with Crippen LogP contribution >= 0.6 is 27.7 Å². The van der Waals surface area contributed by atoms with E-state index >= 15 is 0 Å². The Kier molecular flexibility index (Phi) is 8.61. The highest BCUT2D eigenvalue weighted by Crippen LogP contribution is 2.34. The first-order chi connectivity index (χ1) is 19.7. The summed E-state index contributed by atoms with van der Waals surface area (Å²) in [6.45, 7) is 6.55. The molecule has 8 heteroatoms. The molecule has 0 aromatic heterocycles. The number of hydrogen-bond acceptors (Lipinski definition) is 6. The van der Waals surface area contributed by atoms with Crippen molar-refractivity contribution < 1.29 is 23.9 Å². The summed E-state index contributed by atoms with van der Waals surface area (Å²) in [5.74, 6) is 0.582. The standard InChI is InChI=1S/C33H28BrNO5S/c1-20(2)24-13-11-21(3)17-29(24)39-16-15-35-31(36)30(41-33(35)38)19-22-12-14-28(27(34)18-22)40-32(37)26-10-6-8-23-7-4-5-9-25(23)26/h4-14,17-20H,15-16H2,1-3H3/b30-19-. The van der Waals surface area contributed by atoms with Gasteiger partial charge in [-0.05, 0) is 98.3 Å². The van der Waals surface area contributed by atoms with Gasteiger partial charge in [-0.1, -0.05) is 68.4 Å². The summed E-state index contributed by atoms with van der Waals surface area (Å²) in [6.07, 6.45) is 1.66. The molecule has 4 aromatic carbocycles. The predicted molar refractivity (Wildman–Crippen MR) is 166 cm³/mol. The monoisotopic (exact) mass is 629 g/mol. The highest BCUT2D eigenvalue weighted by atomic mass is 79.9. The molecular formula is C33H28BrNO5S. The van der Waals surface area contributed by atoms with Crippen LogP contribution in [0, 0.1) is 6.92 Å². The molecular weight excluding hydrogens is 602 g/mol. The molecule has 0 spiro atoms. The summed E-state index contributed by atoms with van der Waals surface area (Å²) < 4.78 is 12.2. The van der Waals surface area contributed by atoms with Gasteiger partial charge < -0.3 is 9.47 Å². The number of fused-ring (bicyclic) bond motifs is 1. The van der Waals surface area contributed by atoms with Gasteiger partial charge in [-0.2, -0.15) is 0 Å². The van der Waals surface area contributed by atoms with Crippen molar-refractivity contribution in [3.05, 3.63) is 110 Å². The molecule has 208 valence electrons. The number of hydrogen-bond donors (Lipinski definition) is 0. The Labute approximate surface area is 251 Å². The van der Waals surface area contributed by atoms with Crippen LogP contribution in [0.5, 0.6) is 11.5 Å². The largest absolute Gasteiger partial charge is 0.491 e. The molecule has 0 N–H and O–H groups in total. The number of imide groups is 1. The van der Waals surface area contributed by atoms with E-state index in [9.17, 15) is 14.4 Å². The molecule has 0 atom stereocenters. The molecule has 1 aliphatic rings. The normalized spacial score (nSPS) is 14.4. The first kappa shape index (κ1) is 28.6. The average Bonchev–Trinajstić information content (AvgIpc) is 3.21. The lowest BCUT2D eigenvalue weighted by Gasteiger charge is -2.17. The summed E-state index contributed by atoms with van der Waals surface area (Å²) in [7, 11) is 0. The fourth-order valence-corrected chi connectivity index (χ4v) is 5.92. The van der Waals surface area contributed by atoms with Crippen molar-refractivity contribution >= 4 is 61.7 Å². The summed E-state index contributed by atoms with van der Waals surface area (Å²) in [5.41, 5.74) is 3.32. The van der Waals surface area contributed by atoms with Gasteiger partial charge >= 0.3 is 5.97 Å². The number of nitrogens with zero attached hydrogens (tertiary/aromatic N) is 1. The number of rotatable bonds is 8. The number of halogens is 1. The summed E-state index contributed by atoms with van der Waals surface area (Å²) in [5, 5.41) is 1.43. The zero-order chi connectivity index (χ0) is 29.1. The van der Waals surface area contributed by atoms with Crippen LogP contribution in [-0.2, 0) is 4.79 Å². The van der Waals surface area contributed by atoms with Crippen LogP contribution in [0.15, 0.2) is 88.2 Å². The molecule has 0 unspecified atom stereocenters. The quantitative estimate of drug-likeness (QED) is 0.111. The third kappa shape index (κ3) is 6.39. The number of carbonyl (C=O) groups is 3. The van der Waals surface area contributed by atoms with Gasteiger partial charge in [0, 0.05) is 0 Å². The van der Waals surface area contributed by atoms with Gasteiger partial charge in [-0.25, -0.2) is 4.79 Å². The highest BCUT2D eigenvalue weighted by Gasteiger charge is 2.35. The second-order valence-corrected chi connectivity index (χ2v) is 11.8. The van der Waals surface area contributed by atoms with Crippen molar-refractivity contribution in [2.24, 2.45) is 0 Å². The molecule has 5 rings (SSSR count). The SMILES string of the molecule is Cc1ccc(C(C)C)c(OCCN2C(=O)S/C(=C\c3ccc(OC(=O)c4cccc5ccccc45)c(Br)c3)C2=O)c1. The van der Waals surface area contributed by atoms with Gasteiger partial charge in [0.1, 0.15) is 18.1 Å². The number of aryl methyl sites for hydroxylation is 1. The van der Waals surface area contributed by atoms with Gasteiger partial charge in [0.05, 0.1) is 21.5 Å². The summed E-state index contributed by atoms with van der Waals surface area (Å²) >= 11 is 4.37. The Bertz CT molecular complexity index is 1690. The summed E-state index contributed by atoms with van der Waals surface area (Å²) in [4.78, 5) is 40.1. The van der Waals surface area contributed by atoms with Crippen LogP contribution in [0.1, 0.15) is 46.8 Å². The average molecular weight is 631 g/mol. The minimum atomic E-state index is -0.468. The van der Waals surface area contributed by atoms with Gasteiger partial charge in [0.25, 0.3) is 11.1 Å². The minimum Gasteiger partial charge on any atom is -0.491 e. The number of benzene rings is 4. The van der Waals surface area contributed by atoms with E-state index in [0.29, 0.717) is 26.3 Å². The van der Waals surface area contributed by atoms with E-state index in [1.165, 1.54) is 4.90 Å². The van der Waals surface area contributed by atoms with Crippen LogP contribution in [0.3, 0.4) is 0 Å². The van der Waals surface area contributed by atoms with Crippen molar-refractivity contribution in [2.45, 2.75) is 26.7 Å². The smallest absolute Gasteiger partial charge is 0.344 e. The van der Waals surface area contributed by atoms with Gasteiger partial charge in [0.2, 0.25) is 0 Å². The third-order valence-electron chi connectivity index (χ3n) is 6.70. The van der Waals surface area contributed by atoms with E-state index in [-0.39, 0.29) is 30.2 Å². The Morgan fingerprint density at radius 3 is 2.54 bits per heavy atom. The highest BCUT2D eigenvalue weighted by molar-refractivity contribution is 9.10. The number of carbonyl (C=O) groups excluding carboxylic acids is 3. The molecule has 0 saturated carbocycles. The number of thioether (sulfide) groups is 1. The van der Waals surface area contributed by atoms with Gasteiger partial charge in [-0.15, -0.1) is 0 Å². The molecule has 41 heavy (non-hydrogen) atoms. The molecule has 0 bridgehead atoms. The molecule has 4 aromatic rings. The predicted octanol–water partition coefficient (Wildman–Crippen LogP) is 8.37. The third-order valence-corrected chi connectivity index (χ3v) is 8.23. The lowest BCUT2D eigenvalue weighted by molar-refractivity contribution is -0.123. The van der Waals surface area contributed by atoms with Crippen molar-refractivity contribution in [3.8, 4) is 11.5 Å². The van der Waals surface area contributed by atoms with Gasteiger partial charge in [-0.3, -0.25) is 14.5 Å². The van der Waals surface area contributed by atoms with Crippen LogP contribution in [0.4, 0.5) is 4.79 Å². The van der Waals surface area contributed by atoms with Gasteiger partial charge in [0.15, 0.2) is 0 Å².